The van der Waals surface area contributed by atoms with Crippen LogP contribution < -0.4 is 10.6 Å². The summed E-state index contributed by atoms with van der Waals surface area (Å²) < 4.78 is 12.9. The first-order valence-corrected chi connectivity index (χ1v) is 7.78. The number of hydrogen-bond donors (Lipinski definition) is 2. The molecule has 1 aromatic heterocycles. The second-order valence-corrected chi connectivity index (χ2v) is 5.59. The third kappa shape index (κ3) is 4.60. The molecule has 2 N–H and O–H groups in total. The second-order valence-electron chi connectivity index (χ2n) is 5.59. The van der Waals surface area contributed by atoms with E-state index in [0.717, 1.165) is 16.8 Å². The summed E-state index contributed by atoms with van der Waals surface area (Å²) in [7, 11) is 0. The summed E-state index contributed by atoms with van der Waals surface area (Å²) in [5.74, 6) is -0.0932. The van der Waals surface area contributed by atoms with Crippen LogP contribution in [0.25, 0.3) is 0 Å². The maximum Gasteiger partial charge on any atom is 0.270 e. The molecule has 0 radical (unpaired) electrons. The predicted molar refractivity (Wildman–Crippen MR) is 94.1 cm³/mol. The number of carbonyl (C=O) groups is 1. The van der Waals surface area contributed by atoms with Gasteiger partial charge in [0.25, 0.3) is 5.91 Å². The number of nitrogens with zero attached hydrogens (tertiary/aromatic N) is 2. The molecule has 1 heterocycles. The number of anilines is 2. The summed E-state index contributed by atoms with van der Waals surface area (Å²) in [5.41, 5.74) is 3.07. The molecule has 3 aromatic rings. The zero-order valence-electron chi connectivity index (χ0n) is 13.7. The number of nitrogens with one attached hydrogen (secondary N) is 2. The summed E-state index contributed by atoms with van der Waals surface area (Å²) in [6, 6.07) is 15.4. The first-order chi connectivity index (χ1) is 12.1. The van der Waals surface area contributed by atoms with Gasteiger partial charge >= 0.3 is 0 Å². The fourth-order valence-corrected chi connectivity index (χ4v) is 2.30. The number of hydrogen-bond acceptors (Lipinski definition) is 4. The van der Waals surface area contributed by atoms with Gasteiger partial charge in [0.15, 0.2) is 0 Å². The SMILES string of the molecule is Cc1cccc(Nc2cc(C(=O)NCc3ccc(F)cc3)ncn2)c1. The zero-order chi connectivity index (χ0) is 17.6. The molecule has 25 heavy (non-hydrogen) atoms. The van der Waals surface area contributed by atoms with Crippen LogP contribution in [0.4, 0.5) is 15.9 Å². The summed E-state index contributed by atoms with van der Waals surface area (Å²) in [5, 5.41) is 5.90. The van der Waals surface area contributed by atoms with E-state index in [1.807, 2.05) is 31.2 Å². The highest BCUT2D eigenvalue weighted by Gasteiger charge is 2.09. The highest BCUT2D eigenvalue weighted by atomic mass is 19.1. The van der Waals surface area contributed by atoms with E-state index in [0.29, 0.717) is 12.4 Å². The van der Waals surface area contributed by atoms with E-state index in [4.69, 9.17) is 0 Å². The number of amides is 1. The van der Waals surface area contributed by atoms with Gasteiger partial charge in [0, 0.05) is 18.3 Å². The Kier molecular flexibility index (Phi) is 4.99. The van der Waals surface area contributed by atoms with Crippen molar-refractivity contribution in [3.63, 3.8) is 0 Å². The standard InChI is InChI=1S/C19H17FN4O/c1-13-3-2-4-16(9-13)24-18-10-17(22-12-23-18)19(25)21-11-14-5-7-15(20)8-6-14/h2-10,12H,11H2,1H3,(H,21,25)(H,22,23,24). The van der Waals surface area contributed by atoms with Gasteiger partial charge < -0.3 is 10.6 Å². The van der Waals surface area contributed by atoms with Crippen molar-refractivity contribution in [3.05, 3.63) is 83.6 Å². The zero-order valence-corrected chi connectivity index (χ0v) is 13.7. The van der Waals surface area contributed by atoms with Crippen LogP contribution in [0.15, 0.2) is 60.9 Å². The lowest BCUT2D eigenvalue weighted by molar-refractivity contribution is 0.0946. The van der Waals surface area contributed by atoms with Gasteiger partial charge in [0.2, 0.25) is 0 Å². The number of halogens is 1. The molecular weight excluding hydrogens is 319 g/mol. The minimum absolute atomic E-state index is 0.257. The van der Waals surface area contributed by atoms with Crippen molar-refractivity contribution in [1.29, 1.82) is 0 Å². The molecule has 0 aliphatic heterocycles. The van der Waals surface area contributed by atoms with Gasteiger partial charge in [-0.25, -0.2) is 14.4 Å². The summed E-state index contributed by atoms with van der Waals surface area (Å²) in [4.78, 5) is 20.4. The van der Waals surface area contributed by atoms with E-state index in [-0.39, 0.29) is 17.4 Å². The molecule has 0 saturated carbocycles. The van der Waals surface area contributed by atoms with Crippen LogP contribution >= 0.6 is 0 Å². The summed E-state index contributed by atoms with van der Waals surface area (Å²) >= 11 is 0. The summed E-state index contributed by atoms with van der Waals surface area (Å²) in [6.07, 6.45) is 1.34. The minimum Gasteiger partial charge on any atom is -0.347 e. The van der Waals surface area contributed by atoms with Crippen LogP contribution in [0.2, 0.25) is 0 Å². The van der Waals surface area contributed by atoms with Crippen molar-refractivity contribution in [2.24, 2.45) is 0 Å². The topological polar surface area (TPSA) is 66.9 Å². The van der Waals surface area contributed by atoms with E-state index in [1.165, 1.54) is 18.5 Å². The average Bonchev–Trinajstić information content (AvgIpc) is 2.61. The molecule has 0 aliphatic carbocycles. The normalized spacial score (nSPS) is 10.3. The molecule has 1 amide bonds. The highest BCUT2D eigenvalue weighted by Crippen LogP contribution is 2.15. The molecule has 0 saturated heterocycles. The number of aryl methyl sites for hydroxylation is 1. The van der Waals surface area contributed by atoms with Gasteiger partial charge in [-0.3, -0.25) is 4.79 Å². The van der Waals surface area contributed by atoms with Gasteiger partial charge in [0.1, 0.15) is 23.7 Å². The van der Waals surface area contributed by atoms with Crippen molar-refractivity contribution in [3.8, 4) is 0 Å². The van der Waals surface area contributed by atoms with Crippen molar-refractivity contribution < 1.29 is 9.18 Å². The number of benzene rings is 2. The van der Waals surface area contributed by atoms with Gasteiger partial charge in [-0.1, -0.05) is 24.3 Å². The van der Waals surface area contributed by atoms with E-state index in [1.54, 1.807) is 18.2 Å². The Morgan fingerprint density at radius 3 is 2.64 bits per heavy atom. The smallest absolute Gasteiger partial charge is 0.270 e. The van der Waals surface area contributed by atoms with Gasteiger partial charge in [0.05, 0.1) is 0 Å². The van der Waals surface area contributed by atoms with Crippen LogP contribution in [0.5, 0.6) is 0 Å². The molecule has 5 nitrogen and oxygen atoms in total. The van der Waals surface area contributed by atoms with Gasteiger partial charge in [-0.2, -0.15) is 0 Å². The molecule has 0 atom stereocenters. The van der Waals surface area contributed by atoms with Crippen molar-refractivity contribution in [2.75, 3.05) is 5.32 Å². The molecule has 0 bridgehead atoms. The second kappa shape index (κ2) is 7.53. The van der Waals surface area contributed by atoms with E-state index >= 15 is 0 Å². The molecule has 3 rings (SSSR count). The number of rotatable bonds is 5. The van der Waals surface area contributed by atoms with Crippen molar-refractivity contribution >= 4 is 17.4 Å². The average molecular weight is 336 g/mol. The quantitative estimate of drug-likeness (QED) is 0.747. The lowest BCUT2D eigenvalue weighted by Crippen LogP contribution is -2.24. The minimum atomic E-state index is -0.320. The highest BCUT2D eigenvalue weighted by molar-refractivity contribution is 5.92. The van der Waals surface area contributed by atoms with Gasteiger partial charge in [-0.05, 0) is 42.3 Å². The Bertz CT molecular complexity index is 881. The third-order valence-electron chi connectivity index (χ3n) is 3.56. The molecule has 0 unspecified atom stereocenters. The lowest BCUT2D eigenvalue weighted by atomic mass is 10.2. The Balaban J connectivity index is 1.65. The first-order valence-electron chi connectivity index (χ1n) is 7.78. The Labute approximate surface area is 145 Å². The largest absolute Gasteiger partial charge is 0.347 e. The molecule has 6 heteroatoms. The number of carbonyl (C=O) groups excluding carboxylic acids is 1. The first kappa shape index (κ1) is 16.6. The third-order valence-corrected chi connectivity index (χ3v) is 3.56. The maximum absolute atomic E-state index is 12.9. The van der Waals surface area contributed by atoms with Crippen molar-refractivity contribution in [2.45, 2.75) is 13.5 Å². The van der Waals surface area contributed by atoms with E-state index < -0.39 is 0 Å². The molecule has 126 valence electrons. The predicted octanol–water partition coefficient (Wildman–Crippen LogP) is 3.60. The Morgan fingerprint density at radius 1 is 1.08 bits per heavy atom. The molecular formula is C19H17FN4O. The van der Waals surface area contributed by atoms with Crippen molar-refractivity contribution in [1.82, 2.24) is 15.3 Å². The van der Waals surface area contributed by atoms with Crippen LogP contribution in [-0.4, -0.2) is 15.9 Å². The summed E-state index contributed by atoms with van der Waals surface area (Å²) in [6.45, 7) is 2.29. The number of aromatic nitrogens is 2. The van der Waals surface area contributed by atoms with Crippen LogP contribution in [0, 0.1) is 12.7 Å². The maximum atomic E-state index is 12.9. The fourth-order valence-electron chi connectivity index (χ4n) is 2.30. The van der Waals surface area contributed by atoms with E-state index in [9.17, 15) is 9.18 Å². The monoisotopic (exact) mass is 336 g/mol. The molecule has 0 fully saturated rings. The molecule has 0 spiro atoms. The fraction of sp³-hybridized carbons (Fsp3) is 0.105. The van der Waals surface area contributed by atoms with E-state index in [2.05, 4.69) is 20.6 Å². The molecule has 0 aliphatic rings. The van der Waals surface area contributed by atoms with Crippen LogP contribution in [0.3, 0.4) is 0 Å². The van der Waals surface area contributed by atoms with Gasteiger partial charge in [-0.15, -0.1) is 0 Å². The van der Waals surface area contributed by atoms with Crippen LogP contribution in [0.1, 0.15) is 21.6 Å². The molecule has 2 aromatic carbocycles. The Hall–Kier alpha value is -3.28. The van der Waals surface area contributed by atoms with Crippen LogP contribution in [-0.2, 0) is 6.54 Å². The Morgan fingerprint density at radius 2 is 1.88 bits per heavy atom. The lowest BCUT2D eigenvalue weighted by Gasteiger charge is -2.08.